The number of benzene rings is 2. The number of hydrogen-bond donors (Lipinski definition) is 0. The number of nitrogens with zero attached hydrogens (tertiary/aromatic N) is 1. The van der Waals surface area contributed by atoms with Gasteiger partial charge >= 0.3 is 0 Å². The molecule has 28 heavy (non-hydrogen) atoms. The Morgan fingerprint density at radius 2 is 1.75 bits per heavy atom. The van der Waals surface area contributed by atoms with E-state index in [2.05, 4.69) is 88.8 Å². The van der Waals surface area contributed by atoms with Gasteiger partial charge in [-0.3, -0.25) is 4.98 Å². The summed E-state index contributed by atoms with van der Waals surface area (Å²) < 4.78 is 7.21. The van der Waals surface area contributed by atoms with Crippen LogP contribution in [0, 0.1) is 0 Å². The van der Waals surface area contributed by atoms with E-state index < -0.39 is 0 Å². The van der Waals surface area contributed by atoms with Crippen LogP contribution in [0.4, 0.5) is 0 Å². The highest BCUT2D eigenvalue weighted by atomic mass is 79.9. The summed E-state index contributed by atoms with van der Waals surface area (Å²) in [7, 11) is 0. The first-order valence-electron chi connectivity index (χ1n) is 9.36. The van der Waals surface area contributed by atoms with Crippen LogP contribution >= 0.6 is 15.9 Å². The van der Waals surface area contributed by atoms with Crippen molar-refractivity contribution in [2.45, 2.75) is 12.3 Å². The van der Waals surface area contributed by atoms with Crippen molar-refractivity contribution in [3.63, 3.8) is 0 Å². The SMILES string of the molecule is Brc1cc(-c2ccccc2)cc(-c2nccc3oc(C4C=CC=CC4)cc23)c1. The molecule has 2 heterocycles. The number of rotatable bonds is 3. The Morgan fingerprint density at radius 3 is 2.57 bits per heavy atom. The van der Waals surface area contributed by atoms with E-state index in [4.69, 9.17) is 9.40 Å². The van der Waals surface area contributed by atoms with Gasteiger partial charge in [-0.25, -0.2) is 0 Å². The molecule has 2 aromatic heterocycles. The fourth-order valence-corrected chi connectivity index (χ4v) is 4.20. The maximum absolute atomic E-state index is 6.18. The second-order valence-electron chi connectivity index (χ2n) is 6.97. The van der Waals surface area contributed by atoms with Gasteiger partial charge in [-0.2, -0.15) is 0 Å². The standard InChI is InChI=1S/C25H18BrNO/c26-21-14-19(17-7-3-1-4-8-17)13-20(15-21)25-22-16-24(18-9-5-2-6-10-18)28-23(22)11-12-27-25/h1-9,11-16,18H,10H2. The van der Waals surface area contributed by atoms with E-state index in [-0.39, 0.29) is 5.92 Å². The molecule has 136 valence electrons. The zero-order valence-electron chi connectivity index (χ0n) is 15.2. The Hall–Kier alpha value is -2.91. The van der Waals surface area contributed by atoms with E-state index in [1.165, 1.54) is 5.56 Å². The summed E-state index contributed by atoms with van der Waals surface area (Å²) in [4.78, 5) is 4.70. The monoisotopic (exact) mass is 427 g/mol. The molecular weight excluding hydrogens is 410 g/mol. The van der Waals surface area contributed by atoms with Crippen LogP contribution in [-0.2, 0) is 0 Å². The lowest BCUT2D eigenvalue weighted by atomic mass is 9.97. The van der Waals surface area contributed by atoms with Crippen LogP contribution in [0.25, 0.3) is 33.4 Å². The highest BCUT2D eigenvalue weighted by Crippen LogP contribution is 2.36. The van der Waals surface area contributed by atoms with E-state index in [0.29, 0.717) is 0 Å². The molecule has 2 aromatic carbocycles. The molecule has 0 saturated carbocycles. The van der Waals surface area contributed by atoms with Crippen molar-refractivity contribution in [3.05, 3.63) is 101 Å². The first kappa shape index (κ1) is 17.2. The number of hydrogen-bond acceptors (Lipinski definition) is 2. The highest BCUT2D eigenvalue weighted by molar-refractivity contribution is 9.10. The molecule has 4 aromatic rings. The van der Waals surface area contributed by atoms with E-state index in [9.17, 15) is 0 Å². The van der Waals surface area contributed by atoms with Crippen LogP contribution in [0.3, 0.4) is 0 Å². The summed E-state index contributed by atoms with van der Waals surface area (Å²) >= 11 is 3.67. The Labute approximate surface area is 172 Å². The largest absolute Gasteiger partial charge is 0.460 e. The van der Waals surface area contributed by atoms with Crippen LogP contribution in [0.5, 0.6) is 0 Å². The molecule has 3 heteroatoms. The zero-order chi connectivity index (χ0) is 18.9. The molecule has 0 spiro atoms. The molecule has 1 atom stereocenters. The maximum atomic E-state index is 6.18. The second kappa shape index (κ2) is 7.25. The number of aromatic nitrogens is 1. The third-order valence-electron chi connectivity index (χ3n) is 5.09. The van der Waals surface area contributed by atoms with Gasteiger partial charge in [0.05, 0.1) is 5.69 Å². The summed E-state index contributed by atoms with van der Waals surface area (Å²) in [5.74, 6) is 1.27. The van der Waals surface area contributed by atoms with Gasteiger partial charge in [0.1, 0.15) is 11.3 Å². The summed E-state index contributed by atoms with van der Waals surface area (Å²) in [5, 5.41) is 1.05. The first-order chi connectivity index (χ1) is 13.8. The summed E-state index contributed by atoms with van der Waals surface area (Å²) in [5.41, 5.74) is 5.24. The van der Waals surface area contributed by atoms with Gasteiger partial charge in [-0.15, -0.1) is 0 Å². The van der Waals surface area contributed by atoms with Crippen LogP contribution in [-0.4, -0.2) is 4.98 Å². The predicted molar refractivity (Wildman–Crippen MR) is 118 cm³/mol. The highest BCUT2D eigenvalue weighted by Gasteiger charge is 2.17. The molecule has 0 fully saturated rings. The minimum Gasteiger partial charge on any atom is -0.460 e. The van der Waals surface area contributed by atoms with Gasteiger partial charge < -0.3 is 4.42 Å². The van der Waals surface area contributed by atoms with E-state index in [0.717, 1.165) is 44.4 Å². The van der Waals surface area contributed by atoms with Gasteiger partial charge in [0.25, 0.3) is 0 Å². The number of furan rings is 1. The van der Waals surface area contributed by atoms with Crippen molar-refractivity contribution in [2.75, 3.05) is 0 Å². The van der Waals surface area contributed by atoms with Crippen LogP contribution in [0.15, 0.2) is 100 Å². The molecule has 2 nitrogen and oxygen atoms in total. The molecule has 1 aliphatic carbocycles. The van der Waals surface area contributed by atoms with Crippen LogP contribution < -0.4 is 0 Å². The van der Waals surface area contributed by atoms with Crippen molar-refractivity contribution < 1.29 is 4.42 Å². The number of pyridine rings is 1. The van der Waals surface area contributed by atoms with Crippen molar-refractivity contribution in [1.82, 2.24) is 4.98 Å². The van der Waals surface area contributed by atoms with Crippen molar-refractivity contribution >= 4 is 26.9 Å². The van der Waals surface area contributed by atoms with Gasteiger partial charge in [0.15, 0.2) is 0 Å². The topological polar surface area (TPSA) is 26.0 Å². The van der Waals surface area contributed by atoms with Gasteiger partial charge in [0, 0.05) is 27.5 Å². The Morgan fingerprint density at radius 1 is 0.893 bits per heavy atom. The van der Waals surface area contributed by atoms with E-state index in [1.54, 1.807) is 0 Å². The molecule has 0 bridgehead atoms. The minimum absolute atomic E-state index is 0.285. The summed E-state index contributed by atoms with van der Waals surface area (Å²) in [6.45, 7) is 0. The zero-order valence-corrected chi connectivity index (χ0v) is 16.8. The molecule has 0 amide bonds. The lowest BCUT2D eigenvalue weighted by Crippen LogP contribution is -1.93. The number of fused-ring (bicyclic) bond motifs is 1. The van der Waals surface area contributed by atoms with Gasteiger partial charge in [-0.1, -0.05) is 70.6 Å². The smallest absolute Gasteiger partial charge is 0.138 e. The molecule has 0 saturated heterocycles. The van der Waals surface area contributed by atoms with Crippen LogP contribution in [0.1, 0.15) is 18.1 Å². The van der Waals surface area contributed by atoms with E-state index in [1.807, 2.05) is 18.3 Å². The molecule has 0 radical (unpaired) electrons. The molecule has 0 N–H and O–H groups in total. The van der Waals surface area contributed by atoms with Gasteiger partial charge in [0.2, 0.25) is 0 Å². The Kier molecular flexibility index (Phi) is 4.46. The van der Waals surface area contributed by atoms with Gasteiger partial charge in [-0.05, 0) is 47.9 Å². The average Bonchev–Trinajstić information content (AvgIpc) is 3.19. The third kappa shape index (κ3) is 3.23. The Bertz CT molecular complexity index is 1200. The molecular formula is C25H18BrNO. The average molecular weight is 428 g/mol. The summed E-state index contributed by atoms with van der Waals surface area (Å²) in [6.07, 6.45) is 11.3. The van der Waals surface area contributed by atoms with Crippen molar-refractivity contribution in [1.29, 1.82) is 0 Å². The third-order valence-corrected chi connectivity index (χ3v) is 5.55. The first-order valence-corrected chi connectivity index (χ1v) is 10.2. The molecule has 0 aliphatic heterocycles. The summed E-state index contributed by atoms with van der Waals surface area (Å²) in [6, 6.07) is 20.9. The lowest BCUT2D eigenvalue weighted by molar-refractivity contribution is 0.525. The molecule has 1 aliphatic rings. The molecule has 1 unspecified atom stereocenters. The Balaban J connectivity index is 1.63. The van der Waals surface area contributed by atoms with Crippen molar-refractivity contribution in [2.24, 2.45) is 0 Å². The maximum Gasteiger partial charge on any atom is 0.138 e. The minimum atomic E-state index is 0.285. The normalized spacial score (nSPS) is 16.0. The lowest BCUT2D eigenvalue weighted by Gasteiger charge is -2.08. The number of halogens is 1. The predicted octanol–water partition coefficient (Wildman–Crippen LogP) is 7.52. The quantitative estimate of drug-likeness (QED) is 0.337. The number of allylic oxidation sites excluding steroid dienone is 4. The second-order valence-corrected chi connectivity index (χ2v) is 7.89. The molecule has 5 rings (SSSR count). The van der Waals surface area contributed by atoms with Crippen molar-refractivity contribution in [3.8, 4) is 22.4 Å². The van der Waals surface area contributed by atoms with E-state index >= 15 is 0 Å². The fraction of sp³-hybridized carbons (Fsp3) is 0.0800. The van der Waals surface area contributed by atoms with Crippen LogP contribution in [0.2, 0.25) is 0 Å². The fourth-order valence-electron chi connectivity index (χ4n) is 3.71.